The lowest BCUT2D eigenvalue weighted by Crippen LogP contribution is -2.42. The number of nitrogens with one attached hydrogen (secondary N) is 2. The van der Waals surface area contributed by atoms with Crippen molar-refractivity contribution in [3.05, 3.63) is 0 Å². The fourth-order valence-corrected chi connectivity index (χ4v) is 1.93. The highest BCUT2D eigenvalue weighted by Crippen LogP contribution is 2.21. The topological polar surface area (TPSA) is 94.6 Å². The van der Waals surface area contributed by atoms with E-state index in [2.05, 4.69) is 0 Å². The average Bonchev–Trinajstić information content (AvgIpc) is 2.27. The van der Waals surface area contributed by atoms with Crippen LogP contribution in [0, 0.1) is 11.3 Å². The number of likely N-dealkylation sites (tertiary alicyclic amines) is 1. The van der Waals surface area contributed by atoms with Crippen LogP contribution in [-0.2, 0) is 4.84 Å². The van der Waals surface area contributed by atoms with Crippen molar-refractivity contribution in [3.63, 3.8) is 0 Å². The minimum absolute atomic E-state index is 0.0816. The molecule has 1 rings (SSSR count). The fraction of sp³-hybridized carbons (Fsp3) is 0.889. The van der Waals surface area contributed by atoms with Gasteiger partial charge in [0.15, 0.2) is 0 Å². The van der Waals surface area contributed by atoms with Gasteiger partial charge in [-0.1, -0.05) is 5.59 Å². The zero-order chi connectivity index (χ0) is 11.1. The van der Waals surface area contributed by atoms with E-state index in [1.165, 1.54) is 0 Å². The van der Waals surface area contributed by atoms with E-state index in [0.29, 0.717) is 5.92 Å². The molecule has 1 saturated heterocycles. The van der Waals surface area contributed by atoms with Gasteiger partial charge in [0.05, 0.1) is 0 Å². The highest BCUT2D eigenvalue weighted by atomic mass is 16.7. The standard InChI is InChI=1S/C9H20N4O2/c10-9(15-12-11)13-5-3-8(4-6-13)2-1-7-14/h8,10,12,14H,1-7,11H2. The summed E-state index contributed by atoms with van der Waals surface area (Å²) in [4.78, 5) is 6.55. The quantitative estimate of drug-likeness (QED) is 0.226. The smallest absolute Gasteiger partial charge is 0.306 e. The molecular weight excluding hydrogens is 196 g/mol. The van der Waals surface area contributed by atoms with E-state index in [4.69, 9.17) is 21.2 Å². The summed E-state index contributed by atoms with van der Waals surface area (Å²) in [6.07, 6.45) is 4.06. The molecule has 1 aliphatic rings. The molecule has 15 heavy (non-hydrogen) atoms. The van der Waals surface area contributed by atoms with Crippen LogP contribution in [0.25, 0.3) is 0 Å². The number of nitrogens with two attached hydrogens (primary N) is 1. The van der Waals surface area contributed by atoms with Crippen molar-refractivity contribution in [2.45, 2.75) is 25.7 Å². The maximum Gasteiger partial charge on any atom is 0.306 e. The highest BCUT2D eigenvalue weighted by molar-refractivity contribution is 5.69. The van der Waals surface area contributed by atoms with E-state index in [9.17, 15) is 0 Å². The third-order valence-electron chi connectivity index (χ3n) is 2.83. The molecular formula is C9H20N4O2. The minimum Gasteiger partial charge on any atom is -0.396 e. The number of piperidine rings is 1. The maximum atomic E-state index is 8.72. The Morgan fingerprint density at radius 2 is 2.20 bits per heavy atom. The minimum atomic E-state index is 0.0816. The van der Waals surface area contributed by atoms with Crippen LogP contribution in [0.5, 0.6) is 0 Å². The van der Waals surface area contributed by atoms with Crippen LogP contribution in [-0.4, -0.2) is 35.7 Å². The van der Waals surface area contributed by atoms with E-state index < -0.39 is 0 Å². The number of aliphatic hydroxyl groups excluding tert-OH is 1. The molecule has 0 saturated carbocycles. The summed E-state index contributed by atoms with van der Waals surface area (Å²) in [5.41, 5.74) is 2.01. The molecule has 0 aromatic carbocycles. The third kappa shape index (κ3) is 4.03. The van der Waals surface area contributed by atoms with Gasteiger partial charge in [0, 0.05) is 19.7 Å². The molecule has 6 nitrogen and oxygen atoms in total. The summed E-state index contributed by atoms with van der Waals surface area (Å²) in [5, 5.41) is 16.2. The number of hydrazine groups is 1. The Hall–Kier alpha value is -0.850. The Morgan fingerprint density at radius 1 is 1.53 bits per heavy atom. The van der Waals surface area contributed by atoms with Crippen LogP contribution in [0.15, 0.2) is 0 Å². The third-order valence-corrected chi connectivity index (χ3v) is 2.83. The first kappa shape index (κ1) is 12.2. The molecule has 0 unspecified atom stereocenters. The van der Waals surface area contributed by atoms with Gasteiger partial charge in [-0.05, 0) is 31.6 Å². The Bertz CT molecular complexity index is 193. The Labute approximate surface area is 89.8 Å². The van der Waals surface area contributed by atoms with Crippen molar-refractivity contribution in [3.8, 4) is 0 Å². The van der Waals surface area contributed by atoms with Gasteiger partial charge in [-0.15, -0.1) is 0 Å². The molecule has 1 fully saturated rings. The lowest BCUT2D eigenvalue weighted by Gasteiger charge is -2.32. The van der Waals surface area contributed by atoms with E-state index in [-0.39, 0.29) is 12.6 Å². The highest BCUT2D eigenvalue weighted by Gasteiger charge is 2.21. The molecule has 5 N–H and O–H groups in total. The molecule has 0 bridgehead atoms. The zero-order valence-corrected chi connectivity index (χ0v) is 8.91. The van der Waals surface area contributed by atoms with Gasteiger partial charge in [0.2, 0.25) is 0 Å². The lowest BCUT2D eigenvalue weighted by atomic mass is 9.92. The first-order valence-corrected chi connectivity index (χ1v) is 5.34. The number of amidine groups is 1. The van der Waals surface area contributed by atoms with Gasteiger partial charge in [-0.3, -0.25) is 0 Å². The second-order valence-corrected chi connectivity index (χ2v) is 3.82. The van der Waals surface area contributed by atoms with Crippen LogP contribution in [0.1, 0.15) is 25.7 Å². The van der Waals surface area contributed by atoms with Crippen LogP contribution in [0.4, 0.5) is 0 Å². The molecule has 0 aliphatic carbocycles. The van der Waals surface area contributed by atoms with Crippen molar-refractivity contribution in [2.75, 3.05) is 19.7 Å². The normalized spacial score (nSPS) is 17.9. The molecule has 0 spiro atoms. The predicted molar refractivity (Wildman–Crippen MR) is 56.8 cm³/mol. The lowest BCUT2D eigenvalue weighted by molar-refractivity contribution is 0.120. The number of nitrogens with zero attached hydrogens (tertiary/aromatic N) is 1. The van der Waals surface area contributed by atoms with Crippen LogP contribution in [0.2, 0.25) is 0 Å². The molecule has 0 radical (unpaired) electrons. The second-order valence-electron chi connectivity index (χ2n) is 3.82. The van der Waals surface area contributed by atoms with Crippen LogP contribution < -0.4 is 11.4 Å². The zero-order valence-electron chi connectivity index (χ0n) is 8.91. The second kappa shape index (κ2) is 6.60. The summed E-state index contributed by atoms with van der Waals surface area (Å²) >= 11 is 0. The van der Waals surface area contributed by atoms with E-state index in [0.717, 1.165) is 38.8 Å². The summed E-state index contributed by atoms with van der Waals surface area (Å²) < 4.78 is 0. The van der Waals surface area contributed by atoms with Gasteiger partial charge in [0.1, 0.15) is 0 Å². The Morgan fingerprint density at radius 3 is 2.73 bits per heavy atom. The van der Waals surface area contributed by atoms with E-state index in [1.807, 2.05) is 10.5 Å². The van der Waals surface area contributed by atoms with Crippen molar-refractivity contribution in [2.24, 2.45) is 11.8 Å². The first-order chi connectivity index (χ1) is 7.27. The van der Waals surface area contributed by atoms with Gasteiger partial charge in [0.25, 0.3) is 0 Å². The Balaban J connectivity index is 2.20. The van der Waals surface area contributed by atoms with Crippen molar-refractivity contribution < 1.29 is 9.94 Å². The van der Waals surface area contributed by atoms with Gasteiger partial charge >= 0.3 is 6.02 Å². The summed E-state index contributed by atoms with van der Waals surface area (Å²) in [5.74, 6) is 5.63. The molecule has 1 heterocycles. The van der Waals surface area contributed by atoms with Gasteiger partial charge in [-0.2, -0.15) is 0 Å². The van der Waals surface area contributed by atoms with Gasteiger partial charge < -0.3 is 14.8 Å². The number of rotatable bonds is 4. The molecule has 0 aromatic rings. The number of hydrogen-bond donors (Lipinski definition) is 4. The molecule has 0 amide bonds. The summed E-state index contributed by atoms with van der Waals surface area (Å²) in [6, 6.07) is 0.0816. The first-order valence-electron chi connectivity index (χ1n) is 5.34. The largest absolute Gasteiger partial charge is 0.396 e. The van der Waals surface area contributed by atoms with Crippen LogP contribution in [0.3, 0.4) is 0 Å². The van der Waals surface area contributed by atoms with Crippen molar-refractivity contribution in [1.29, 1.82) is 5.41 Å². The fourth-order valence-electron chi connectivity index (χ4n) is 1.93. The Kier molecular flexibility index (Phi) is 5.38. The molecule has 6 heteroatoms. The molecule has 0 atom stereocenters. The van der Waals surface area contributed by atoms with E-state index >= 15 is 0 Å². The summed E-state index contributed by atoms with van der Waals surface area (Å²) in [6.45, 7) is 1.93. The SMILES string of the molecule is N=C(ONN)N1CCC(CCCO)CC1. The average molecular weight is 216 g/mol. The summed E-state index contributed by atoms with van der Waals surface area (Å²) in [7, 11) is 0. The predicted octanol–water partition coefficient (Wildman–Crippen LogP) is -0.199. The van der Waals surface area contributed by atoms with Crippen LogP contribution >= 0.6 is 0 Å². The van der Waals surface area contributed by atoms with Gasteiger partial charge in [-0.25, -0.2) is 11.3 Å². The maximum absolute atomic E-state index is 8.72. The molecule has 88 valence electrons. The van der Waals surface area contributed by atoms with E-state index in [1.54, 1.807) is 0 Å². The van der Waals surface area contributed by atoms with Crippen molar-refractivity contribution >= 4 is 6.02 Å². The molecule has 0 aromatic heterocycles. The van der Waals surface area contributed by atoms with Crippen molar-refractivity contribution in [1.82, 2.24) is 10.5 Å². The number of aliphatic hydroxyl groups is 1. The molecule has 1 aliphatic heterocycles. The number of hydrogen-bond acceptors (Lipinski definition) is 5. The monoisotopic (exact) mass is 216 g/mol.